The number of anilines is 2. The van der Waals surface area contributed by atoms with E-state index in [1.54, 1.807) is 7.11 Å². The average molecular weight is 396 g/mol. The molecule has 7 nitrogen and oxygen atoms in total. The summed E-state index contributed by atoms with van der Waals surface area (Å²) in [6.45, 7) is 7.12. The van der Waals surface area contributed by atoms with Crippen LogP contribution in [0.1, 0.15) is 30.3 Å². The van der Waals surface area contributed by atoms with Gasteiger partial charge in [0.25, 0.3) is 5.91 Å². The second kappa shape index (κ2) is 8.68. The van der Waals surface area contributed by atoms with Crippen LogP contribution in [-0.2, 0) is 0 Å². The van der Waals surface area contributed by atoms with Crippen LogP contribution >= 0.6 is 0 Å². The average Bonchev–Trinajstić information content (AvgIpc) is 2.79. The molecule has 2 aromatic rings. The molecule has 1 atom stereocenters. The van der Waals surface area contributed by atoms with Crippen molar-refractivity contribution in [1.82, 2.24) is 14.9 Å². The number of carbonyl (C=O) groups is 1. The molecule has 29 heavy (non-hydrogen) atoms. The molecule has 0 aliphatic carbocycles. The number of aromatic nitrogens is 2. The zero-order valence-corrected chi connectivity index (χ0v) is 17.3. The third-order valence-electron chi connectivity index (χ3n) is 5.85. The lowest BCUT2D eigenvalue weighted by atomic mass is 10.0. The molecule has 4 rings (SSSR count). The van der Waals surface area contributed by atoms with E-state index in [4.69, 9.17) is 4.74 Å². The highest BCUT2D eigenvalue weighted by atomic mass is 16.5. The van der Waals surface area contributed by atoms with Crippen LogP contribution in [0.5, 0.6) is 5.75 Å². The number of ether oxygens (including phenoxy) is 1. The molecular weight excluding hydrogens is 366 g/mol. The monoisotopic (exact) mass is 395 g/mol. The second-order valence-electron chi connectivity index (χ2n) is 7.91. The Bertz CT molecular complexity index is 851. The smallest absolute Gasteiger partial charge is 0.272 e. The second-order valence-corrected chi connectivity index (χ2v) is 7.91. The first-order valence-corrected chi connectivity index (χ1v) is 10.4. The first-order chi connectivity index (χ1) is 14.2. The van der Waals surface area contributed by atoms with Crippen molar-refractivity contribution in [1.29, 1.82) is 0 Å². The van der Waals surface area contributed by atoms with Crippen LogP contribution in [0.4, 0.5) is 11.5 Å². The summed E-state index contributed by atoms with van der Waals surface area (Å²) in [5, 5.41) is 0. The summed E-state index contributed by atoms with van der Waals surface area (Å²) in [5.41, 5.74) is 1.56. The van der Waals surface area contributed by atoms with Crippen molar-refractivity contribution in [3.8, 4) is 5.75 Å². The fourth-order valence-corrected chi connectivity index (χ4v) is 4.24. The number of piperazine rings is 1. The van der Waals surface area contributed by atoms with Crippen molar-refractivity contribution in [3.05, 3.63) is 42.4 Å². The maximum atomic E-state index is 13.0. The number of nitrogens with zero attached hydrogens (tertiary/aromatic N) is 5. The van der Waals surface area contributed by atoms with Gasteiger partial charge >= 0.3 is 0 Å². The molecule has 1 unspecified atom stereocenters. The number of hydrogen-bond donors (Lipinski definition) is 0. The molecule has 0 N–H and O–H groups in total. The maximum absolute atomic E-state index is 13.0. The number of piperidine rings is 1. The molecule has 1 aromatic heterocycles. The van der Waals surface area contributed by atoms with E-state index in [9.17, 15) is 4.79 Å². The third-order valence-corrected chi connectivity index (χ3v) is 5.85. The molecule has 0 bridgehead atoms. The van der Waals surface area contributed by atoms with Gasteiger partial charge in [-0.05, 0) is 30.9 Å². The molecule has 2 aliphatic heterocycles. The lowest BCUT2D eigenvalue weighted by Gasteiger charge is -2.36. The van der Waals surface area contributed by atoms with Gasteiger partial charge in [0.15, 0.2) is 0 Å². The Labute approximate surface area is 172 Å². The highest BCUT2D eigenvalue weighted by molar-refractivity contribution is 5.93. The SMILES string of the molecule is COc1ccccc1N1CCN(C(=O)c2cc(N3CCCC(C)C3)ncn2)CC1. The van der Waals surface area contributed by atoms with Gasteiger partial charge in [-0.15, -0.1) is 0 Å². The van der Waals surface area contributed by atoms with E-state index in [2.05, 4.69) is 32.8 Å². The summed E-state index contributed by atoms with van der Waals surface area (Å²) in [7, 11) is 1.69. The number of hydrogen-bond acceptors (Lipinski definition) is 6. The predicted molar refractivity (Wildman–Crippen MR) is 114 cm³/mol. The lowest BCUT2D eigenvalue weighted by molar-refractivity contribution is 0.0740. The molecule has 1 amide bonds. The van der Waals surface area contributed by atoms with Gasteiger partial charge in [-0.1, -0.05) is 19.1 Å². The Morgan fingerprint density at radius 2 is 1.86 bits per heavy atom. The standard InChI is InChI=1S/C22H29N5O2/c1-17-6-5-9-27(15-17)21-14-18(23-16-24-21)22(28)26-12-10-25(11-13-26)19-7-3-4-8-20(19)29-2/h3-4,7-8,14,16-17H,5-6,9-13,15H2,1-2H3. The van der Waals surface area contributed by atoms with Gasteiger partial charge in [0.2, 0.25) is 0 Å². The van der Waals surface area contributed by atoms with E-state index in [1.807, 2.05) is 29.2 Å². The molecule has 2 aliphatic rings. The van der Waals surface area contributed by atoms with Gasteiger partial charge in [0.1, 0.15) is 23.6 Å². The van der Waals surface area contributed by atoms with Crippen LogP contribution < -0.4 is 14.5 Å². The van der Waals surface area contributed by atoms with Crippen molar-refractivity contribution in [3.63, 3.8) is 0 Å². The van der Waals surface area contributed by atoms with E-state index in [-0.39, 0.29) is 5.91 Å². The van der Waals surface area contributed by atoms with Crippen LogP contribution in [0.25, 0.3) is 0 Å². The quantitative estimate of drug-likeness (QED) is 0.793. The maximum Gasteiger partial charge on any atom is 0.272 e. The molecule has 1 aromatic carbocycles. The Balaban J connectivity index is 1.41. The zero-order valence-electron chi connectivity index (χ0n) is 17.3. The molecule has 2 saturated heterocycles. The van der Waals surface area contributed by atoms with Gasteiger partial charge in [-0.2, -0.15) is 0 Å². The van der Waals surface area contributed by atoms with Gasteiger partial charge < -0.3 is 19.4 Å². The van der Waals surface area contributed by atoms with Crippen LogP contribution in [0.2, 0.25) is 0 Å². The summed E-state index contributed by atoms with van der Waals surface area (Å²) < 4.78 is 5.48. The molecule has 7 heteroatoms. The topological polar surface area (TPSA) is 61.8 Å². The highest BCUT2D eigenvalue weighted by Gasteiger charge is 2.25. The summed E-state index contributed by atoms with van der Waals surface area (Å²) in [5.74, 6) is 2.37. The van der Waals surface area contributed by atoms with Crippen molar-refractivity contribution in [2.24, 2.45) is 5.92 Å². The fourth-order valence-electron chi connectivity index (χ4n) is 4.24. The van der Waals surface area contributed by atoms with Crippen molar-refractivity contribution < 1.29 is 9.53 Å². The Morgan fingerprint density at radius 1 is 1.07 bits per heavy atom. The number of carbonyl (C=O) groups excluding carboxylic acids is 1. The number of rotatable bonds is 4. The number of amides is 1. The summed E-state index contributed by atoms with van der Waals surface area (Å²) in [4.78, 5) is 28.2. The van der Waals surface area contributed by atoms with Crippen molar-refractivity contribution in [2.75, 3.05) is 56.2 Å². The minimum absolute atomic E-state index is 0.0154. The molecule has 2 fully saturated rings. The first kappa shape index (κ1) is 19.5. The fraction of sp³-hybridized carbons (Fsp3) is 0.500. The summed E-state index contributed by atoms with van der Waals surface area (Å²) >= 11 is 0. The van der Waals surface area contributed by atoms with Crippen LogP contribution in [-0.4, -0.2) is 67.2 Å². The van der Waals surface area contributed by atoms with Gasteiger partial charge in [0, 0.05) is 45.3 Å². The normalized spacial score (nSPS) is 19.9. The predicted octanol–water partition coefficient (Wildman–Crippen LogP) is 2.68. The van der Waals surface area contributed by atoms with E-state index in [0.717, 1.165) is 43.4 Å². The molecule has 0 spiro atoms. The zero-order chi connectivity index (χ0) is 20.2. The van der Waals surface area contributed by atoms with E-state index >= 15 is 0 Å². The lowest BCUT2D eigenvalue weighted by Crippen LogP contribution is -2.49. The van der Waals surface area contributed by atoms with E-state index in [0.29, 0.717) is 24.7 Å². The van der Waals surface area contributed by atoms with Gasteiger partial charge in [-0.25, -0.2) is 9.97 Å². The minimum atomic E-state index is -0.0154. The molecule has 3 heterocycles. The number of benzene rings is 1. The van der Waals surface area contributed by atoms with Crippen molar-refractivity contribution in [2.45, 2.75) is 19.8 Å². The van der Waals surface area contributed by atoms with E-state index < -0.39 is 0 Å². The van der Waals surface area contributed by atoms with Crippen LogP contribution in [0, 0.1) is 5.92 Å². The first-order valence-electron chi connectivity index (χ1n) is 10.4. The number of para-hydroxylation sites is 2. The summed E-state index contributed by atoms with van der Waals surface area (Å²) in [6.07, 6.45) is 3.94. The molecule has 154 valence electrons. The molecule has 0 radical (unpaired) electrons. The summed E-state index contributed by atoms with van der Waals surface area (Å²) in [6, 6.07) is 9.87. The van der Waals surface area contributed by atoms with Crippen LogP contribution in [0.15, 0.2) is 36.7 Å². The Morgan fingerprint density at radius 3 is 2.62 bits per heavy atom. The largest absolute Gasteiger partial charge is 0.495 e. The van der Waals surface area contributed by atoms with Gasteiger partial charge in [0.05, 0.1) is 12.8 Å². The molecule has 0 saturated carbocycles. The highest BCUT2D eigenvalue weighted by Crippen LogP contribution is 2.28. The van der Waals surface area contributed by atoms with Crippen molar-refractivity contribution >= 4 is 17.4 Å². The van der Waals surface area contributed by atoms with E-state index in [1.165, 1.54) is 19.2 Å². The van der Waals surface area contributed by atoms with Gasteiger partial charge in [-0.3, -0.25) is 4.79 Å². The Hall–Kier alpha value is -2.83. The third kappa shape index (κ3) is 4.28. The Kier molecular flexibility index (Phi) is 5.83. The van der Waals surface area contributed by atoms with Crippen LogP contribution in [0.3, 0.4) is 0 Å². The molecular formula is C22H29N5O2. The minimum Gasteiger partial charge on any atom is -0.495 e. The number of methoxy groups -OCH3 is 1.